The standard InChI is InChI=1S/C15H20BrFN2O3S/c1-15(2,3)22-14(20)19-9-6-11(7-9)23(18,21)10-4-5-13(17)12(16)8-10/h4-5,8-9,11,18H,6-7H2,1-3H3,(H,19,20). The molecule has 8 heteroatoms. The Bertz CT molecular complexity index is 710. The summed E-state index contributed by atoms with van der Waals surface area (Å²) in [6, 6.07) is 3.82. The van der Waals surface area contributed by atoms with E-state index >= 15 is 0 Å². The molecule has 23 heavy (non-hydrogen) atoms. The second kappa shape index (κ2) is 6.39. The minimum absolute atomic E-state index is 0.148. The van der Waals surface area contributed by atoms with Crippen molar-refractivity contribution in [3.05, 3.63) is 28.5 Å². The van der Waals surface area contributed by atoms with Crippen molar-refractivity contribution in [3.63, 3.8) is 0 Å². The molecule has 0 aromatic heterocycles. The lowest BCUT2D eigenvalue weighted by atomic mass is 9.92. The Balaban J connectivity index is 1.95. The lowest BCUT2D eigenvalue weighted by Crippen LogP contribution is -2.50. The van der Waals surface area contributed by atoms with Crippen LogP contribution in [0.15, 0.2) is 27.6 Å². The number of benzene rings is 1. The van der Waals surface area contributed by atoms with Gasteiger partial charge < -0.3 is 10.1 Å². The molecule has 5 nitrogen and oxygen atoms in total. The molecule has 1 aromatic rings. The molecule has 0 spiro atoms. The monoisotopic (exact) mass is 406 g/mol. The van der Waals surface area contributed by atoms with Crippen LogP contribution in [0, 0.1) is 10.6 Å². The van der Waals surface area contributed by atoms with Gasteiger partial charge in [0.2, 0.25) is 0 Å². The van der Waals surface area contributed by atoms with Crippen molar-refractivity contribution >= 4 is 31.8 Å². The van der Waals surface area contributed by atoms with Crippen molar-refractivity contribution in [1.82, 2.24) is 5.32 Å². The van der Waals surface area contributed by atoms with E-state index in [-0.39, 0.29) is 15.8 Å². The van der Waals surface area contributed by atoms with Crippen molar-refractivity contribution in [2.75, 3.05) is 0 Å². The van der Waals surface area contributed by atoms with Gasteiger partial charge in [-0.05, 0) is 67.7 Å². The first-order valence-corrected chi connectivity index (χ1v) is 9.62. The maximum absolute atomic E-state index is 13.3. The normalized spacial score (nSPS) is 23.5. The summed E-state index contributed by atoms with van der Waals surface area (Å²) in [5.74, 6) is -0.456. The summed E-state index contributed by atoms with van der Waals surface area (Å²) in [6.45, 7) is 5.33. The lowest BCUT2D eigenvalue weighted by molar-refractivity contribution is 0.0481. The van der Waals surface area contributed by atoms with Crippen molar-refractivity contribution in [2.24, 2.45) is 0 Å². The van der Waals surface area contributed by atoms with Crippen LogP contribution in [-0.2, 0) is 14.5 Å². The molecule has 2 N–H and O–H groups in total. The van der Waals surface area contributed by atoms with Gasteiger partial charge in [-0.2, -0.15) is 0 Å². The van der Waals surface area contributed by atoms with Gasteiger partial charge in [0.1, 0.15) is 11.4 Å². The maximum Gasteiger partial charge on any atom is 0.407 e. The van der Waals surface area contributed by atoms with E-state index in [1.807, 2.05) is 0 Å². The number of halogens is 2. The van der Waals surface area contributed by atoms with Crippen LogP contribution in [0.2, 0.25) is 0 Å². The van der Waals surface area contributed by atoms with Crippen LogP contribution < -0.4 is 5.32 Å². The topological polar surface area (TPSA) is 79.2 Å². The van der Waals surface area contributed by atoms with Crippen LogP contribution in [0.25, 0.3) is 0 Å². The van der Waals surface area contributed by atoms with Gasteiger partial charge in [0.15, 0.2) is 0 Å². The number of hydrogen-bond acceptors (Lipinski definition) is 4. The minimum Gasteiger partial charge on any atom is -0.444 e. The summed E-state index contributed by atoms with van der Waals surface area (Å²) in [6.07, 6.45) is 0.370. The SMILES string of the molecule is CC(C)(C)OC(=O)NC1CC(S(=N)(=O)c2ccc(F)c(Br)c2)C1. The fraction of sp³-hybridized carbons (Fsp3) is 0.533. The zero-order valence-electron chi connectivity index (χ0n) is 13.2. The summed E-state index contributed by atoms with van der Waals surface area (Å²) in [4.78, 5) is 12.0. The van der Waals surface area contributed by atoms with Gasteiger partial charge in [0.25, 0.3) is 0 Å². The number of hydrogen-bond donors (Lipinski definition) is 2. The van der Waals surface area contributed by atoms with Crippen LogP contribution in [0.4, 0.5) is 9.18 Å². The second-order valence-electron chi connectivity index (χ2n) is 6.61. The van der Waals surface area contributed by atoms with Gasteiger partial charge in [0.05, 0.1) is 19.5 Å². The molecule has 1 unspecified atom stereocenters. The fourth-order valence-electron chi connectivity index (χ4n) is 2.29. The maximum atomic E-state index is 13.3. The molecule has 1 aliphatic rings. The number of nitrogens with one attached hydrogen (secondary N) is 2. The number of carbonyl (C=O) groups excluding carboxylic acids is 1. The Morgan fingerprint density at radius 1 is 1.43 bits per heavy atom. The highest BCUT2D eigenvalue weighted by Gasteiger charge is 2.38. The number of ether oxygens (including phenoxy) is 1. The molecular weight excluding hydrogens is 387 g/mol. The molecule has 1 aromatic carbocycles. The minimum atomic E-state index is -3.03. The van der Waals surface area contributed by atoms with Gasteiger partial charge in [-0.25, -0.2) is 18.2 Å². The molecule has 0 radical (unpaired) electrons. The van der Waals surface area contributed by atoms with E-state index in [0.29, 0.717) is 17.7 Å². The predicted octanol–water partition coefficient (Wildman–Crippen LogP) is 4.05. The Hall–Kier alpha value is -1.15. The summed E-state index contributed by atoms with van der Waals surface area (Å²) < 4.78 is 39.4. The Labute approximate surface area is 144 Å². The van der Waals surface area contributed by atoms with Gasteiger partial charge in [-0.15, -0.1) is 0 Å². The molecule has 1 saturated carbocycles. The van der Waals surface area contributed by atoms with Crippen molar-refractivity contribution in [3.8, 4) is 0 Å². The van der Waals surface area contributed by atoms with Crippen LogP contribution in [-0.4, -0.2) is 27.2 Å². The summed E-state index contributed by atoms with van der Waals surface area (Å²) in [5.41, 5.74) is -0.573. The summed E-state index contributed by atoms with van der Waals surface area (Å²) in [5, 5.41) is 2.35. The Kier molecular flexibility index (Phi) is 5.06. The molecule has 0 bridgehead atoms. The molecule has 0 saturated heterocycles. The molecule has 1 amide bonds. The van der Waals surface area contributed by atoms with E-state index in [1.54, 1.807) is 20.8 Å². The summed E-state index contributed by atoms with van der Waals surface area (Å²) >= 11 is 3.04. The quantitative estimate of drug-likeness (QED) is 0.794. The number of rotatable bonds is 3. The molecule has 0 aliphatic heterocycles. The van der Waals surface area contributed by atoms with Gasteiger partial charge in [-0.3, -0.25) is 0 Å². The van der Waals surface area contributed by atoms with E-state index in [9.17, 15) is 13.4 Å². The van der Waals surface area contributed by atoms with Gasteiger partial charge in [0, 0.05) is 10.9 Å². The van der Waals surface area contributed by atoms with E-state index in [0.717, 1.165) is 0 Å². The largest absolute Gasteiger partial charge is 0.444 e. The van der Waals surface area contributed by atoms with E-state index in [4.69, 9.17) is 9.52 Å². The molecule has 1 fully saturated rings. The highest BCUT2D eigenvalue weighted by Crippen LogP contribution is 2.33. The highest BCUT2D eigenvalue weighted by molar-refractivity contribution is 9.10. The third-order valence-electron chi connectivity index (χ3n) is 3.53. The average molecular weight is 407 g/mol. The van der Waals surface area contributed by atoms with Crippen molar-refractivity contribution < 1.29 is 18.1 Å². The van der Waals surface area contributed by atoms with Crippen LogP contribution >= 0.6 is 15.9 Å². The Morgan fingerprint density at radius 2 is 2.04 bits per heavy atom. The number of alkyl carbamates (subject to hydrolysis) is 1. The first-order chi connectivity index (χ1) is 10.5. The van der Waals surface area contributed by atoms with Gasteiger partial charge >= 0.3 is 6.09 Å². The van der Waals surface area contributed by atoms with Crippen LogP contribution in [0.1, 0.15) is 33.6 Å². The summed E-state index contributed by atoms with van der Waals surface area (Å²) in [7, 11) is -3.03. The van der Waals surface area contributed by atoms with E-state index in [2.05, 4.69) is 21.2 Å². The molecule has 2 rings (SSSR count). The highest BCUT2D eigenvalue weighted by atomic mass is 79.9. The lowest BCUT2D eigenvalue weighted by Gasteiger charge is -2.37. The van der Waals surface area contributed by atoms with Crippen LogP contribution in [0.3, 0.4) is 0 Å². The van der Waals surface area contributed by atoms with Crippen molar-refractivity contribution in [2.45, 2.75) is 55.4 Å². The third kappa shape index (κ3) is 4.44. The smallest absolute Gasteiger partial charge is 0.407 e. The fourth-order valence-corrected chi connectivity index (χ4v) is 4.77. The average Bonchev–Trinajstić information content (AvgIpc) is 2.34. The zero-order chi connectivity index (χ0) is 17.4. The molecular formula is C15H20BrFN2O3S. The number of amides is 1. The first-order valence-electron chi connectivity index (χ1n) is 7.21. The van der Waals surface area contributed by atoms with Crippen molar-refractivity contribution in [1.29, 1.82) is 4.78 Å². The number of carbonyl (C=O) groups is 1. The second-order valence-corrected chi connectivity index (χ2v) is 9.81. The molecule has 1 atom stereocenters. The third-order valence-corrected chi connectivity index (χ3v) is 6.41. The first kappa shape index (κ1) is 18.2. The predicted molar refractivity (Wildman–Crippen MR) is 89.4 cm³/mol. The Morgan fingerprint density at radius 3 is 2.57 bits per heavy atom. The molecule has 0 heterocycles. The zero-order valence-corrected chi connectivity index (χ0v) is 15.6. The molecule has 128 valence electrons. The van der Waals surface area contributed by atoms with E-state index < -0.39 is 27.2 Å². The van der Waals surface area contributed by atoms with Crippen LogP contribution in [0.5, 0.6) is 0 Å². The molecule has 1 aliphatic carbocycles. The van der Waals surface area contributed by atoms with Gasteiger partial charge in [-0.1, -0.05) is 0 Å². The van der Waals surface area contributed by atoms with E-state index in [1.165, 1.54) is 18.2 Å².